The molecule has 0 aliphatic carbocycles. The van der Waals surface area contributed by atoms with Crippen LogP contribution in [0.5, 0.6) is 0 Å². The van der Waals surface area contributed by atoms with E-state index < -0.39 is 5.97 Å². The number of pyridine rings is 1. The molecule has 6 heteroatoms. The maximum atomic E-state index is 11.9. The molecule has 0 fully saturated rings. The highest BCUT2D eigenvalue weighted by Gasteiger charge is 2.12. The van der Waals surface area contributed by atoms with Crippen LogP contribution in [0.2, 0.25) is 0 Å². The summed E-state index contributed by atoms with van der Waals surface area (Å²) in [6.07, 6.45) is 0. The number of esters is 1. The maximum absolute atomic E-state index is 11.9. The quantitative estimate of drug-likeness (QED) is 0.734. The topological polar surface area (TPSA) is 86.7 Å². The highest BCUT2D eigenvalue weighted by atomic mass is 16.5. The molecule has 0 aliphatic rings. The predicted molar refractivity (Wildman–Crippen MR) is 60.7 cm³/mol. The summed E-state index contributed by atoms with van der Waals surface area (Å²) in [5.41, 5.74) is 6.08. The Kier molecular flexibility index (Phi) is 2.88. The van der Waals surface area contributed by atoms with Crippen molar-refractivity contribution < 1.29 is 9.53 Å². The lowest BCUT2D eigenvalue weighted by atomic mass is 10.3. The molecule has 0 saturated carbocycles. The highest BCUT2D eigenvalue weighted by molar-refractivity contribution is 5.88. The van der Waals surface area contributed by atoms with Gasteiger partial charge in [-0.15, -0.1) is 0 Å². The summed E-state index contributed by atoms with van der Waals surface area (Å²) in [4.78, 5) is 27.5. The molecule has 88 valence electrons. The van der Waals surface area contributed by atoms with E-state index in [0.29, 0.717) is 11.3 Å². The largest absolute Gasteiger partial charge is 0.464 e. The standard InChI is InChI=1S/C11H11N3O3/c1-17-11(16)8-3-2-4-9-13-7(6-12)5-10(15)14(8)9/h2-5H,6,12H2,1H3. The van der Waals surface area contributed by atoms with Gasteiger partial charge in [-0.3, -0.25) is 9.20 Å². The minimum Gasteiger partial charge on any atom is -0.464 e. The lowest BCUT2D eigenvalue weighted by Crippen LogP contribution is -2.22. The van der Waals surface area contributed by atoms with Crippen LogP contribution < -0.4 is 11.3 Å². The van der Waals surface area contributed by atoms with Crippen LogP contribution in [-0.2, 0) is 11.3 Å². The molecule has 2 rings (SSSR count). The van der Waals surface area contributed by atoms with Gasteiger partial charge in [-0.25, -0.2) is 9.78 Å². The SMILES string of the molecule is COC(=O)c1cccc2nc(CN)cc(=O)n12. The second kappa shape index (κ2) is 4.34. The van der Waals surface area contributed by atoms with Gasteiger partial charge in [0.1, 0.15) is 11.3 Å². The van der Waals surface area contributed by atoms with Gasteiger partial charge in [-0.2, -0.15) is 0 Å². The number of rotatable bonds is 2. The van der Waals surface area contributed by atoms with E-state index in [4.69, 9.17) is 5.73 Å². The van der Waals surface area contributed by atoms with Crippen LogP contribution >= 0.6 is 0 Å². The number of carbonyl (C=O) groups excluding carboxylic acids is 1. The summed E-state index contributed by atoms with van der Waals surface area (Å²) in [7, 11) is 1.26. The molecule has 0 bridgehead atoms. The first-order chi connectivity index (χ1) is 8.17. The Morgan fingerprint density at radius 3 is 2.94 bits per heavy atom. The summed E-state index contributed by atoms with van der Waals surface area (Å²) < 4.78 is 5.80. The molecular weight excluding hydrogens is 222 g/mol. The second-order valence-electron chi connectivity index (χ2n) is 3.39. The van der Waals surface area contributed by atoms with Crippen molar-refractivity contribution in [1.82, 2.24) is 9.38 Å². The first-order valence-corrected chi connectivity index (χ1v) is 4.97. The van der Waals surface area contributed by atoms with E-state index in [0.717, 1.165) is 0 Å². The predicted octanol–water partition coefficient (Wildman–Crippen LogP) is -0.0602. The number of methoxy groups -OCH3 is 1. The molecule has 0 unspecified atom stereocenters. The number of nitrogens with two attached hydrogens (primary N) is 1. The number of hydrogen-bond donors (Lipinski definition) is 1. The molecule has 2 aromatic rings. The van der Waals surface area contributed by atoms with Gasteiger partial charge in [-0.05, 0) is 12.1 Å². The number of ether oxygens (including phenoxy) is 1. The van der Waals surface area contributed by atoms with Crippen molar-refractivity contribution in [2.45, 2.75) is 6.54 Å². The third kappa shape index (κ3) is 1.90. The molecule has 0 amide bonds. The van der Waals surface area contributed by atoms with E-state index in [1.54, 1.807) is 12.1 Å². The summed E-state index contributed by atoms with van der Waals surface area (Å²) in [6.45, 7) is 0.175. The number of aromatic nitrogens is 2. The average molecular weight is 233 g/mol. The van der Waals surface area contributed by atoms with Crippen LogP contribution in [0.1, 0.15) is 16.2 Å². The molecule has 0 spiro atoms. The zero-order chi connectivity index (χ0) is 12.4. The summed E-state index contributed by atoms with van der Waals surface area (Å²) in [5, 5.41) is 0. The molecule has 6 nitrogen and oxygen atoms in total. The number of hydrogen-bond acceptors (Lipinski definition) is 5. The molecule has 0 atom stereocenters. The second-order valence-corrected chi connectivity index (χ2v) is 3.39. The summed E-state index contributed by atoms with van der Waals surface area (Å²) >= 11 is 0. The van der Waals surface area contributed by atoms with Crippen molar-refractivity contribution in [2.75, 3.05) is 7.11 Å². The minimum absolute atomic E-state index is 0.145. The summed E-state index contributed by atoms with van der Waals surface area (Å²) in [5.74, 6) is -0.583. The zero-order valence-corrected chi connectivity index (χ0v) is 9.21. The summed E-state index contributed by atoms with van der Waals surface area (Å²) in [6, 6.07) is 6.07. The average Bonchev–Trinajstić information content (AvgIpc) is 2.36. The normalized spacial score (nSPS) is 10.5. The fraction of sp³-hybridized carbons (Fsp3) is 0.182. The number of fused-ring (bicyclic) bond motifs is 1. The Balaban J connectivity index is 2.81. The smallest absolute Gasteiger partial charge is 0.355 e. The van der Waals surface area contributed by atoms with Gasteiger partial charge in [-0.1, -0.05) is 6.07 Å². The first kappa shape index (κ1) is 11.3. The van der Waals surface area contributed by atoms with E-state index in [1.807, 2.05) is 0 Å². The number of carbonyl (C=O) groups is 1. The third-order valence-corrected chi connectivity index (χ3v) is 2.34. The lowest BCUT2D eigenvalue weighted by Gasteiger charge is -2.06. The van der Waals surface area contributed by atoms with Crippen LogP contribution in [0.25, 0.3) is 5.65 Å². The van der Waals surface area contributed by atoms with Crippen molar-refractivity contribution in [3.63, 3.8) is 0 Å². The molecule has 0 aliphatic heterocycles. The van der Waals surface area contributed by atoms with Gasteiger partial charge in [0, 0.05) is 12.6 Å². The Hall–Kier alpha value is -2.21. The molecule has 0 aromatic carbocycles. The van der Waals surface area contributed by atoms with Gasteiger partial charge in [0.05, 0.1) is 12.8 Å². The van der Waals surface area contributed by atoms with Gasteiger partial charge in [0.2, 0.25) is 0 Å². The number of nitrogens with zero attached hydrogens (tertiary/aromatic N) is 2. The Morgan fingerprint density at radius 1 is 1.53 bits per heavy atom. The van der Waals surface area contributed by atoms with Crippen LogP contribution in [0, 0.1) is 0 Å². The third-order valence-electron chi connectivity index (χ3n) is 2.34. The Bertz CT molecular complexity index is 633. The highest BCUT2D eigenvalue weighted by Crippen LogP contribution is 2.05. The molecule has 0 saturated heterocycles. The fourth-order valence-electron chi connectivity index (χ4n) is 1.57. The van der Waals surface area contributed by atoms with Gasteiger partial charge in [0.15, 0.2) is 0 Å². The van der Waals surface area contributed by atoms with Gasteiger partial charge >= 0.3 is 5.97 Å². The fourth-order valence-corrected chi connectivity index (χ4v) is 1.57. The van der Waals surface area contributed by atoms with Crippen LogP contribution in [0.3, 0.4) is 0 Å². The van der Waals surface area contributed by atoms with Crippen molar-refractivity contribution >= 4 is 11.6 Å². The minimum atomic E-state index is -0.583. The van der Waals surface area contributed by atoms with E-state index in [-0.39, 0.29) is 17.8 Å². The van der Waals surface area contributed by atoms with Crippen molar-refractivity contribution in [3.8, 4) is 0 Å². The molecule has 2 heterocycles. The van der Waals surface area contributed by atoms with Crippen molar-refractivity contribution in [3.05, 3.63) is 46.0 Å². The molecular formula is C11H11N3O3. The van der Waals surface area contributed by atoms with E-state index in [2.05, 4.69) is 9.72 Å². The lowest BCUT2D eigenvalue weighted by molar-refractivity contribution is 0.0592. The first-order valence-electron chi connectivity index (χ1n) is 4.97. The van der Waals surface area contributed by atoms with E-state index >= 15 is 0 Å². The van der Waals surface area contributed by atoms with E-state index in [1.165, 1.54) is 23.6 Å². The Morgan fingerprint density at radius 2 is 2.29 bits per heavy atom. The Labute approximate surface area is 96.7 Å². The van der Waals surface area contributed by atoms with Crippen molar-refractivity contribution in [2.24, 2.45) is 5.73 Å². The van der Waals surface area contributed by atoms with Crippen LogP contribution in [0.15, 0.2) is 29.1 Å². The van der Waals surface area contributed by atoms with Gasteiger partial charge < -0.3 is 10.5 Å². The molecule has 0 radical (unpaired) electrons. The molecule has 2 N–H and O–H groups in total. The molecule has 2 aromatic heterocycles. The van der Waals surface area contributed by atoms with Gasteiger partial charge in [0.25, 0.3) is 5.56 Å². The van der Waals surface area contributed by atoms with Crippen molar-refractivity contribution in [1.29, 1.82) is 0 Å². The van der Waals surface area contributed by atoms with Crippen LogP contribution in [-0.4, -0.2) is 22.5 Å². The maximum Gasteiger partial charge on any atom is 0.355 e. The zero-order valence-electron chi connectivity index (χ0n) is 9.21. The molecule has 17 heavy (non-hydrogen) atoms. The monoisotopic (exact) mass is 233 g/mol. The van der Waals surface area contributed by atoms with E-state index in [9.17, 15) is 9.59 Å². The van der Waals surface area contributed by atoms with Crippen LogP contribution in [0.4, 0.5) is 0 Å².